The topological polar surface area (TPSA) is 26.2 Å². The molecule has 0 radical (unpaired) electrons. The number of nitrogens with one attached hydrogen (secondary N) is 1. The van der Waals surface area contributed by atoms with E-state index in [-0.39, 0.29) is 5.54 Å². The molecule has 1 N–H and O–H groups in total. The maximum Gasteiger partial charge on any atom is 0.0754 e. The summed E-state index contributed by atoms with van der Waals surface area (Å²) in [4.78, 5) is 0. The van der Waals surface area contributed by atoms with E-state index in [1.807, 2.05) is 0 Å². The lowest BCUT2D eigenvalue weighted by atomic mass is 10.1. The molecular formula is C14H24N2O. The zero-order chi connectivity index (χ0) is 12.3. The van der Waals surface area contributed by atoms with Gasteiger partial charge in [0.1, 0.15) is 0 Å². The van der Waals surface area contributed by atoms with E-state index >= 15 is 0 Å². The molecule has 0 saturated carbocycles. The molecular weight excluding hydrogens is 212 g/mol. The van der Waals surface area contributed by atoms with Gasteiger partial charge >= 0.3 is 0 Å². The largest absolute Gasteiger partial charge is 0.376 e. The van der Waals surface area contributed by atoms with Crippen LogP contribution in [0.5, 0.6) is 0 Å². The number of rotatable bonds is 4. The third kappa shape index (κ3) is 4.17. The molecule has 1 atom stereocenters. The minimum Gasteiger partial charge on any atom is -0.376 e. The fraction of sp³-hybridized carbons (Fsp3) is 0.714. The molecule has 1 aliphatic heterocycles. The van der Waals surface area contributed by atoms with E-state index in [2.05, 4.69) is 49.1 Å². The minimum atomic E-state index is 0.177. The first kappa shape index (κ1) is 12.7. The molecule has 0 aliphatic carbocycles. The van der Waals surface area contributed by atoms with Crippen LogP contribution in [0.3, 0.4) is 0 Å². The highest BCUT2D eigenvalue weighted by molar-refractivity contribution is 5.10. The van der Waals surface area contributed by atoms with Crippen molar-refractivity contribution in [3.05, 3.63) is 24.0 Å². The summed E-state index contributed by atoms with van der Waals surface area (Å²) < 4.78 is 7.89. The van der Waals surface area contributed by atoms with Gasteiger partial charge in [-0.15, -0.1) is 0 Å². The van der Waals surface area contributed by atoms with Crippen LogP contribution in [0.15, 0.2) is 18.5 Å². The van der Waals surface area contributed by atoms with E-state index in [9.17, 15) is 0 Å². The zero-order valence-corrected chi connectivity index (χ0v) is 11.2. The predicted octanol–water partition coefficient (Wildman–Crippen LogP) is 2.56. The Hall–Kier alpha value is -0.800. The van der Waals surface area contributed by atoms with Gasteiger partial charge in [0.25, 0.3) is 0 Å². The maximum atomic E-state index is 5.64. The van der Waals surface area contributed by atoms with Crippen LogP contribution in [0.4, 0.5) is 0 Å². The second-order valence-electron chi connectivity index (χ2n) is 5.96. The highest BCUT2D eigenvalue weighted by atomic mass is 16.5. The third-order valence-corrected chi connectivity index (χ3v) is 3.07. The molecule has 1 fully saturated rings. The quantitative estimate of drug-likeness (QED) is 0.869. The molecule has 0 bridgehead atoms. The molecule has 96 valence electrons. The van der Waals surface area contributed by atoms with E-state index in [0.29, 0.717) is 6.10 Å². The Morgan fingerprint density at radius 3 is 2.94 bits per heavy atom. The fourth-order valence-electron chi connectivity index (χ4n) is 2.10. The Balaban J connectivity index is 1.83. The molecule has 3 nitrogen and oxygen atoms in total. The lowest BCUT2D eigenvalue weighted by molar-refractivity contribution is 0.0971. The molecule has 3 heteroatoms. The molecule has 2 heterocycles. The summed E-state index contributed by atoms with van der Waals surface area (Å²) in [7, 11) is 0. The maximum absolute atomic E-state index is 5.64. The second-order valence-corrected chi connectivity index (χ2v) is 5.96. The van der Waals surface area contributed by atoms with Crippen LogP contribution in [0, 0.1) is 0 Å². The van der Waals surface area contributed by atoms with Crippen LogP contribution in [-0.2, 0) is 17.8 Å². The van der Waals surface area contributed by atoms with Gasteiger partial charge in [0.05, 0.1) is 6.10 Å². The summed E-state index contributed by atoms with van der Waals surface area (Å²) in [5, 5.41) is 3.50. The van der Waals surface area contributed by atoms with Crippen molar-refractivity contribution in [2.24, 2.45) is 0 Å². The Bertz CT molecular complexity index is 345. The standard InChI is InChI=1S/C14H24N2O/c1-14(2,3)15-9-12-6-7-16(10-12)11-13-5-4-8-17-13/h6-7,10,13,15H,4-5,8-9,11H2,1-3H3. The van der Waals surface area contributed by atoms with Crippen LogP contribution in [-0.4, -0.2) is 22.8 Å². The zero-order valence-electron chi connectivity index (χ0n) is 11.2. The number of ether oxygens (including phenoxy) is 1. The van der Waals surface area contributed by atoms with Crippen molar-refractivity contribution in [2.45, 2.75) is 58.3 Å². The Morgan fingerprint density at radius 1 is 1.47 bits per heavy atom. The summed E-state index contributed by atoms with van der Waals surface area (Å²) in [5.74, 6) is 0. The predicted molar refractivity (Wildman–Crippen MR) is 70.0 cm³/mol. The summed E-state index contributed by atoms with van der Waals surface area (Å²) in [6, 6.07) is 2.19. The van der Waals surface area contributed by atoms with E-state index < -0.39 is 0 Å². The number of hydrogen-bond donors (Lipinski definition) is 1. The number of nitrogens with zero attached hydrogens (tertiary/aromatic N) is 1. The van der Waals surface area contributed by atoms with Crippen molar-refractivity contribution in [3.63, 3.8) is 0 Å². The summed E-state index contributed by atoms with van der Waals surface area (Å²) in [6.45, 7) is 9.44. The number of aromatic nitrogens is 1. The average Bonchev–Trinajstić information content (AvgIpc) is 2.86. The van der Waals surface area contributed by atoms with Gasteiger partial charge in [-0.3, -0.25) is 0 Å². The lowest BCUT2D eigenvalue weighted by Crippen LogP contribution is -2.34. The van der Waals surface area contributed by atoms with Crippen molar-refractivity contribution in [1.82, 2.24) is 9.88 Å². The first-order valence-electron chi connectivity index (χ1n) is 6.54. The second kappa shape index (κ2) is 5.23. The van der Waals surface area contributed by atoms with Gasteiger partial charge in [0.15, 0.2) is 0 Å². The van der Waals surface area contributed by atoms with Crippen LogP contribution in [0.2, 0.25) is 0 Å². The van der Waals surface area contributed by atoms with E-state index in [4.69, 9.17) is 4.74 Å². The van der Waals surface area contributed by atoms with Crippen molar-refractivity contribution in [2.75, 3.05) is 6.61 Å². The molecule has 0 amide bonds. The van der Waals surface area contributed by atoms with Crippen molar-refractivity contribution in [3.8, 4) is 0 Å². The summed E-state index contributed by atoms with van der Waals surface area (Å²) in [6.07, 6.45) is 7.21. The minimum absolute atomic E-state index is 0.177. The Morgan fingerprint density at radius 2 is 2.29 bits per heavy atom. The van der Waals surface area contributed by atoms with Crippen molar-refractivity contribution in [1.29, 1.82) is 0 Å². The highest BCUT2D eigenvalue weighted by Gasteiger charge is 2.15. The van der Waals surface area contributed by atoms with Crippen molar-refractivity contribution < 1.29 is 4.74 Å². The van der Waals surface area contributed by atoms with Gasteiger partial charge < -0.3 is 14.6 Å². The average molecular weight is 236 g/mol. The molecule has 0 spiro atoms. The van der Waals surface area contributed by atoms with Crippen LogP contribution >= 0.6 is 0 Å². The SMILES string of the molecule is CC(C)(C)NCc1ccn(CC2CCCO2)c1. The molecule has 1 aliphatic rings. The van der Waals surface area contributed by atoms with E-state index in [1.165, 1.54) is 18.4 Å². The van der Waals surface area contributed by atoms with Crippen LogP contribution in [0.25, 0.3) is 0 Å². The third-order valence-electron chi connectivity index (χ3n) is 3.07. The smallest absolute Gasteiger partial charge is 0.0754 e. The van der Waals surface area contributed by atoms with Crippen LogP contribution < -0.4 is 5.32 Å². The van der Waals surface area contributed by atoms with Gasteiger partial charge in [-0.05, 0) is 45.2 Å². The van der Waals surface area contributed by atoms with E-state index in [1.54, 1.807) is 0 Å². The molecule has 1 aromatic rings. The molecule has 2 rings (SSSR count). The molecule has 17 heavy (non-hydrogen) atoms. The van der Waals surface area contributed by atoms with Gasteiger partial charge in [0, 0.05) is 37.6 Å². The monoisotopic (exact) mass is 236 g/mol. The summed E-state index contributed by atoms with van der Waals surface area (Å²) >= 11 is 0. The molecule has 0 aromatic carbocycles. The highest BCUT2D eigenvalue weighted by Crippen LogP contribution is 2.15. The Kier molecular flexibility index (Phi) is 3.89. The number of hydrogen-bond acceptors (Lipinski definition) is 2. The van der Waals surface area contributed by atoms with Gasteiger partial charge in [0.2, 0.25) is 0 Å². The van der Waals surface area contributed by atoms with Gasteiger partial charge in [-0.2, -0.15) is 0 Å². The fourth-order valence-corrected chi connectivity index (χ4v) is 2.10. The molecule has 1 saturated heterocycles. The molecule has 1 unspecified atom stereocenters. The van der Waals surface area contributed by atoms with Crippen LogP contribution in [0.1, 0.15) is 39.2 Å². The van der Waals surface area contributed by atoms with E-state index in [0.717, 1.165) is 19.7 Å². The molecule has 1 aromatic heterocycles. The summed E-state index contributed by atoms with van der Waals surface area (Å²) in [5.41, 5.74) is 1.52. The first-order chi connectivity index (χ1) is 8.03. The van der Waals surface area contributed by atoms with Crippen molar-refractivity contribution >= 4 is 0 Å². The Labute approximate surface area is 104 Å². The van der Waals surface area contributed by atoms with Gasteiger partial charge in [-0.25, -0.2) is 0 Å². The normalized spacial score (nSPS) is 21.0. The van der Waals surface area contributed by atoms with Gasteiger partial charge in [-0.1, -0.05) is 0 Å². The lowest BCUT2D eigenvalue weighted by Gasteiger charge is -2.19. The first-order valence-corrected chi connectivity index (χ1v) is 6.54.